The van der Waals surface area contributed by atoms with Crippen LogP contribution in [0, 0.1) is 0 Å². The Hall–Kier alpha value is -2.25. The van der Waals surface area contributed by atoms with Crippen LogP contribution in [0.3, 0.4) is 0 Å². The average Bonchev–Trinajstić information content (AvgIpc) is 2.62. The van der Waals surface area contributed by atoms with Crippen molar-refractivity contribution in [2.75, 3.05) is 6.54 Å². The maximum absolute atomic E-state index is 11.5. The van der Waals surface area contributed by atoms with Crippen LogP contribution < -0.4 is 5.32 Å². The van der Waals surface area contributed by atoms with Gasteiger partial charge in [0.05, 0.1) is 0 Å². The first kappa shape index (κ1) is 11.2. The number of nitrogens with zero attached hydrogens (tertiary/aromatic N) is 4. The van der Waals surface area contributed by atoms with E-state index in [1.54, 1.807) is 11.6 Å². The van der Waals surface area contributed by atoms with Crippen molar-refractivity contribution in [3.63, 3.8) is 0 Å². The van der Waals surface area contributed by atoms with E-state index in [-0.39, 0.29) is 13.0 Å². The van der Waals surface area contributed by atoms with Crippen molar-refractivity contribution in [1.29, 1.82) is 0 Å². The minimum Gasteiger partial charge on any atom is -0.321 e. The molecule has 90 valence electrons. The van der Waals surface area contributed by atoms with Gasteiger partial charge in [0.15, 0.2) is 0 Å². The van der Waals surface area contributed by atoms with Crippen molar-refractivity contribution >= 4 is 17.8 Å². The van der Waals surface area contributed by atoms with Crippen LogP contribution in [0.5, 0.6) is 0 Å². The highest BCUT2D eigenvalue weighted by atomic mass is 16.2. The fourth-order valence-electron chi connectivity index (χ4n) is 1.55. The molecule has 2 rings (SSSR count). The van der Waals surface area contributed by atoms with Crippen LogP contribution in [0.4, 0.5) is 4.79 Å². The van der Waals surface area contributed by atoms with Crippen molar-refractivity contribution in [2.45, 2.75) is 12.8 Å². The Kier molecular flexibility index (Phi) is 2.86. The zero-order valence-electron chi connectivity index (χ0n) is 9.21. The number of carbonyl (C=O) groups is 3. The number of urea groups is 1. The number of barbiturate groups is 1. The van der Waals surface area contributed by atoms with Crippen molar-refractivity contribution < 1.29 is 14.4 Å². The molecule has 1 aliphatic rings. The Balaban J connectivity index is 1.99. The van der Waals surface area contributed by atoms with E-state index in [0.29, 0.717) is 12.2 Å². The summed E-state index contributed by atoms with van der Waals surface area (Å²) in [4.78, 5) is 34.8. The van der Waals surface area contributed by atoms with Gasteiger partial charge in [-0.2, -0.15) is 0 Å². The summed E-state index contributed by atoms with van der Waals surface area (Å²) in [5, 5.41) is 9.62. The highest BCUT2D eigenvalue weighted by Crippen LogP contribution is 2.04. The molecule has 0 unspecified atom stereocenters. The van der Waals surface area contributed by atoms with Crippen LogP contribution in [0.15, 0.2) is 6.33 Å². The standard InChI is InChI=1S/C9H11N5O3/c1-13-5-10-12-6(13)2-3-14-8(16)4-7(15)11-9(14)17/h5H,2-4H2,1H3,(H,11,15,17). The van der Waals surface area contributed by atoms with Crippen LogP contribution in [0.1, 0.15) is 12.2 Å². The number of amides is 4. The van der Waals surface area contributed by atoms with Gasteiger partial charge in [-0.1, -0.05) is 0 Å². The molecule has 4 amide bonds. The van der Waals surface area contributed by atoms with Gasteiger partial charge in [-0.15, -0.1) is 10.2 Å². The van der Waals surface area contributed by atoms with Crippen LogP contribution >= 0.6 is 0 Å². The predicted molar refractivity (Wildman–Crippen MR) is 54.6 cm³/mol. The van der Waals surface area contributed by atoms with Crippen LogP contribution in [-0.2, 0) is 23.1 Å². The zero-order valence-corrected chi connectivity index (χ0v) is 9.21. The summed E-state index contributed by atoms with van der Waals surface area (Å²) in [5.74, 6) is -0.377. The molecule has 0 spiro atoms. The van der Waals surface area contributed by atoms with E-state index in [4.69, 9.17) is 0 Å². The number of hydrogen-bond acceptors (Lipinski definition) is 5. The summed E-state index contributed by atoms with van der Waals surface area (Å²) < 4.78 is 1.71. The van der Waals surface area contributed by atoms with Gasteiger partial charge in [-0.25, -0.2) is 4.79 Å². The molecule has 0 radical (unpaired) electrons. The average molecular weight is 237 g/mol. The molecule has 0 aliphatic carbocycles. The van der Waals surface area contributed by atoms with E-state index in [9.17, 15) is 14.4 Å². The van der Waals surface area contributed by atoms with E-state index in [1.165, 1.54) is 6.33 Å². The molecular weight excluding hydrogens is 226 g/mol. The molecular formula is C9H11N5O3. The van der Waals surface area contributed by atoms with Crippen LogP contribution in [-0.4, -0.2) is 44.1 Å². The maximum atomic E-state index is 11.5. The number of rotatable bonds is 3. The number of aromatic nitrogens is 3. The lowest BCUT2D eigenvalue weighted by Gasteiger charge is -2.24. The summed E-state index contributed by atoms with van der Waals surface area (Å²) in [6, 6.07) is -0.673. The quantitative estimate of drug-likeness (QED) is 0.668. The van der Waals surface area contributed by atoms with Gasteiger partial charge in [0.2, 0.25) is 11.8 Å². The lowest BCUT2D eigenvalue weighted by Crippen LogP contribution is -2.53. The van der Waals surface area contributed by atoms with Crippen molar-refractivity contribution in [3.8, 4) is 0 Å². The second-order valence-electron chi connectivity index (χ2n) is 3.68. The lowest BCUT2D eigenvalue weighted by atomic mass is 10.2. The molecule has 8 nitrogen and oxygen atoms in total. The molecule has 1 fully saturated rings. The molecule has 1 N–H and O–H groups in total. The van der Waals surface area contributed by atoms with Crippen LogP contribution in [0.25, 0.3) is 0 Å². The van der Waals surface area contributed by atoms with E-state index in [0.717, 1.165) is 4.90 Å². The molecule has 17 heavy (non-hydrogen) atoms. The Morgan fingerprint density at radius 3 is 2.76 bits per heavy atom. The van der Waals surface area contributed by atoms with Gasteiger partial charge < -0.3 is 4.57 Å². The molecule has 1 aromatic heterocycles. The van der Waals surface area contributed by atoms with Gasteiger partial charge >= 0.3 is 6.03 Å². The Bertz CT molecular complexity index is 461. The third kappa shape index (κ3) is 2.30. The monoisotopic (exact) mass is 237 g/mol. The van der Waals surface area contributed by atoms with Gasteiger partial charge in [-0.3, -0.25) is 19.8 Å². The Morgan fingerprint density at radius 1 is 1.41 bits per heavy atom. The largest absolute Gasteiger partial charge is 0.330 e. The van der Waals surface area contributed by atoms with Crippen molar-refractivity contribution in [1.82, 2.24) is 25.0 Å². The van der Waals surface area contributed by atoms with Crippen molar-refractivity contribution in [3.05, 3.63) is 12.2 Å². The summed E-state index contributed by atoms with van der Waals surface area (Å²) in [6.07, 6.45) is 1.66. The molecule has 0 bridgehead atoms. The second-order valence-corrected chi connectivity index (χ2v) is 3.68. The number of hydrogen-bond donors (Lipinski definition) is 1. The number of nitrogens with one attached hydrogen (secondary N) is 1. The number of aryl methyl sites for hydroxylation is 1. The van der Waals surface area contributed by atoms with Gasteiger partial charge in [0.25, 0.3) is 0 Å². The summed E-state index contributed by atoms with van der Waals surface area (Å²) in [6.45, 7) is 0.185. The maximum Gasteiger partial charge on any atom is 0.330 e. The zero-order chi connectivity index (χ0) is 12.4. The summed E-state index contributed by atoms with van der Waals surface area (Å²) in [5.41, 5.74) is 0. The molecule has 0 atom stereocenters. The fourth-order valence-corrected chi connectivity index (χ4v) is 1.55. The highest BCUT2D eigenvalue weighted by molar-refractivity contribution is 6.14. The van der Waals surface area contributed by atoms with Crippen molar-refractivity contribution in [2.24, 2.45) is 7.05 Å². The Morgan fingerprint density at radius 2 is 2.18 bits per heavy atom. The first-order valence-corrected chi connectivity index (χ1v) is 5.05. The minimum atomic E-state index is -0.673. The van der Waals surface area contributed by atoms with Gasteiger partial charge in [0.1, 0.15) is 18.6 Å². The molecule has 2 heterocycles. The molecule has 1 aliphatic heterocycles. The van der Waals surface area contributed by atoms with E-state index >= 15 is 0 Å². The highest BCUT2D eigenvalue weighted by Gasteiger charge is 2.30. The molecule has 1 aromatic rings. The fraction of sp³-hybridized carbons (Fsp3) is 0.444. The topological polar surface area (TPSA) is 97.2 Å². The Labute approximate surface area is 96.6 Å². The summed E-state index contributed by atoms with van der Waals surface area (Å²) >= 11 is 0. The number of carbonyl (C=O) groups excluding carboxylic acids is 3. The molecule has 1 saturated heterocycles. The molecule has 0 aromatic carbocycles. The molecule has 0 saturated carbocycles. The van der Waals surface area contributed by atoms with E-state index in [1.807, 2.05) is 0 Å². The smallest absolute Gasteiger partial charge is 0.321 e. The second kappa shape index (κ2) is 4.32. The van der Waals surface area contributed by atoms with Crippen LogP contribution in [0.2, 0.25) is 0 Å². The van der Waals surface area contributed by atoms with Gasteiger partial charge in [-0.05, 0) is 0 Å². The normalized spacial score (nSPS) is 16.3. The van der Waals surface area contributed by atoms with E-state index in [2.05, 4.69) is 15.5 Å². The lowest BCUT2D eigenvalue weighted by molar-refractivity contribution is -0.136. The summed E-state index contributed by atoms with van der Waals surface area (Å²) in [7, 11) is 1.77. The third-order valence-corrected chi connectivity index (χ3v) is 2.47. The first-order chi connectivity index (χ1) is 8.08. The molecule has 8 heteroatoms. The number of imide groups is 2. The first-order valence-electron chi connectivity index (χ1n) is 5.05. The third-order valence-electron chi connectivity index (χ3n) is 2.47. The van der Waals surface area contributed by atoms with Gasteiger partial charge in [0, 0.05) is 20.0 Å². The minimum absolute atomic E-state index is 0.185. The predicted octanol–water partition coefficient (Wildman–Crippen LogP) is -1.17. The SMILES string of the molecule is Cn1cnnc1CCN1C(=O)CC(=O)NC1=O. The van der Waals surface area contributed by atoms with E-state index < -0.39 is 17.8 Å².